The second-order valence-electron chi connectivity index (χ2n) is 3.71. The van der Waals surface area contributed by atoms with Crippen molar-refractivity contribution in [2.24, 2.45) is 4.99 Å². The quantitative estimate of drug-likeness (QED) is 0.678. The number of aryl methyl sites for hydroxylation is 1. The molecule has 0 amide bonds. The minimum Gasteiger partial charge on any atom is -0.258 e. The molecule has 82 valence electrons. The van der Waals surface area contributed by atoms with E-state index in [1.165, 1.54) is 17.7 Å². The Morgan fingerprint density at radius 1 is 1.33 bits per heavy atom. The van der Waals surface area contributed by atoms with Crippen molar-refractivity contribution in [1.29, 1.82) is 0 Å². The molecule has 0 atom stereocenters. The smallest absolute Gasteiger partial charge is 0.0658 e. The summed E-state index contributed by atoms with van der Waals surface area (Å²) in [5.41, 5.74) is 3.62. The van der Waals surface area contributed by atoms with Gasteiger partial charge in [0.15, 0.2) is 0 Å². The van der Waals surface area contributed by atoms with E-state index in [-0.39, 0.29) is 0 Å². The van der Waals surface area contributed by atoms with E-state index in [2.05, 4.69) is 48.8 Å². The molecule has 0 saturated carbocycles. The number of rotatable bonds is 4. The van der Waals surface area contributed by atoms with Gasteiger partial charge in [-0.15, -0.1) is 0 Å². The molecule has 1 rings (SSSR count). The Hall–Kier alpha value is -0.630. The summed E-state index contributed by atoms with van der Waals surface area (Å²) < 4.78 is 1.12. The van der Waals surface area contributed by atoms with Crippen molar-refractivity contribution in [3.8, 4) is 0 Å². The van der Waals surface area contributed by atoms with Crippen molar-refractivity contribution in [2.75, 3.05) is 0 Å². The maximum Gasteiger partial charge on any atom is 0.0658 e. The van der Waals surface area contributed by atoms with Crippen molar-refractivity contribution in [3.63, 3.8) is 0 Å². The molecule has 0 saturated heterocycles. The first-order valence-electron chi connectivity index (χ1n) is 5.50. The summed E-state index contributed by atoms with van der Waals surface area (Å²) in [7, 11) is 0. The average molecular weight is 268 g/mol. The van der Waals surface area contributed by atoms with Crippen LogP contribution in [0.1, 0.15) is 38.7 Å². The fraction of sp³-hybridized carbons (Fsp3) is 0.462. The normalized spacial score (nSPS) is 11.9. The zero-order valence-electron chi connectivity index (χ0n) is 9.68. The third-order valence-electron chi connectivity index (χ3n) is 2.38. The molecule has 0 aliphatic heterocycles. The van der Waals surface area contributed by atoms with Crippen molar-refractivity contribution in [3.05, 3.63) is 28.2 Å². The van der Waals surface area contributed by atoms with Gasteiger partial charge in [-0.3, -0.25) is 4.99 Å². The molecule has 15 heavy (non-hydrogen) atoms. The Morgan fingerprint density at radius 3 is 2.60 bits per heavy atom. The highest BCUT2D eigenvalue weighted by atomic mass is 79.9. The summed E-state index contributed by atoms with van der Waals surface area (Å²) in [4.78, 5) is 4.70. The maximum absolute atomic E-state index is 4.70. The Bertz CT molecular complexity index is 356. The van der Waals surface area contributed by atoms with Crippen LogP contribution >= 0.6 is 15.9 Å². The first-order chi connectivity index (χ1) is 7.17. The van der Waals surface area contributed by atoms with Crippen LogP contribution in [0.25, 0.3) is 0 Å². The van der Waals surface area contributed by atoms with Crippen LogP contribution in [0.3, 0.4) is 0 Å². The van der Waals surface area contributed by atoms with E-state index in [9.17, 15) is 0 Å². The zero-order valence-corrected chi connectivity index (χ0v) is 11.3. The number of benzene rings is 1. The van der Waals surface area contributed by atoms with Gasteiger partial charge in [-0.05, 0) is 43.5 Å². The summed E-state index contributed by atoms with van der Waals surface area (Å²) in [5, 5.41) is 0. The largest absolute Gasteiger partial charge is 0.258 e. The lowest BCUT2D eigenvalue weighted by Crippen LogP contribution is -1.94. The molecule has 1 nitrogen and oxygen atoms in total. The van der Waals surface area contributed by atoms with E-state index < -0.39 is 0 Å². The Labute approximate surface area is 101 Å². The first kappa shape index (κ1) is 12.4. The van der Waals surface area contributed by atoms with E-state index >= 15 is 0 Å². The van der Waals surface area contributed by atoms with Crippen LogP contribution in [0.2, 0.25) is 0 Å². The molecule has 0 N–H and O–H groups in total. The van der Waals surface area contributed by atoms with Crippen LogP contribution in [0.5, 0.6) is 0 Å². The second kappa shape index (κ2) is 6.06. The van der Waals surface area contributed by atoms with Crippen molar-refractivity contribution in [1.82, 2.24) is 0 Å². The van der Waals surface area contributed by atoms with E-state index in [0.717, 1.165) is 23.0 Å². The number of hydrogen-bond donors (Lipinski definition) is 0. The number of aliphatic imine (C=N–C) groups is 1. The minimum absolute atomic E-state index is 1.04. The van der Waals surface area contributed by atoms with Crippen molar-refractivity contribution >= 4 is 27.3 Å². The summed E-state index contributed by atoms with van der Waals surface area (Å²) in [5.74, 6) is 0. The fourth-order valence-corrected chi connectivity index (χ4v) is 1.99. The topological polar surface area (TPSA) is 12.4 Å². The van der Waals surface area contributed by atoms with E-state index in [1.54, 1.807) is 0 Å². The van der Waals surface area contributed by atoms with Crippen molar-refractivity contribution in [2.45, 2.75) is 40.0 Å². The highest BCUT2D eigenvalue weighted by Gasteiger charge is 1.99. The summed E-state index contributed by atoms with van der Waals surface area (Å²) >= 11 is 3.46. The lowest BCUT2D eigenvalue weighted by Gasteiger charge is -2.05. The maximum atomic E-state index is 4.70. The highest BCUT2D eigenvalue weighted by molar-refractivity contribution is 9.10. The summed E-state index contributed by atoms with van der Waals surface area (Å²) in [6, 6.07) is 6.23. The first-order valence-corrected chi connectivity index (χ1v) is 6.29. The molecular weight excluding hydrogens is 250 g/mol. The molecule has 1 aromatic rings. The standard InChI is InChI=1S/C13H18BrN/c1-4-6-12(5-2)15-13-8-7-11(14)9-10(13)3/h7-9H,4-6H2,1-3H3. The molecule has 0 heterocycles. The van der Waals surface area contributed by atoms with Crippen LogP contribution in [-0.4, -0.2) is 5.71 Å². The lowest BCUT2D eigenvalue weighted by molar-refractivity contribution is 0.966. The molecule has 0 radical (unpaired) electrons. The van der Waals surface area contributed by atoms with Crippen LogP contribution in [0, 0.1) is 6.92 Å². The lowest BCUT2D eigenvalue weighted by atomic mass is 10.1. The third kappa shape index (κ3) is 3.78. The van der Waals surface area contributed by atoms with Gasteiger partial charge in [0.2, 0.25) is 0 Å². The van der Waals surface area contributed by atoms with E-state index in [0.29, 0.717) is 0 Å². The SMILES string of the molecule is CCCC(CC)=Nc1ccc(Br)cc1C. The predicted molar refractivity (Wildman–Crippen MR) is 71.2 cm³/mol. The van der Waals surface area contributed by atoms with Gasteiger partial charge in [-0.25, -0.2) is 0 Å². The number of hydrogen-bond acceptors (Lipinski definition) is 1. The second-order valence-corrected chi connectivity index (χ2v) is 4.63. The monoisotopic (exact) mass is 267 g/mol. The molecule has 2 heteroatoms. The number of halogens is 1. The Morgan fingerprint density at radius 2 is 2.07 bits per heavy atom. The molecule has 0 aromatic heterocycles. The molecule has 0 spiro atoms. The third-order valence-corrected chi connectivity index (χ3v) is 2.88. The van der Waals surface area contributed by atoms with Gasteiger partial charge in [0.25, 0.3) is 0 Å². The molecule has 0 bridgehead atoms. The van der Waals surface area contributed by atoms with Crippen LogP contribution in [-0.2, 0) is 0 Å². The van der Waals surface area contributed by atoms with E-state index in [4.69, 9.17) is 4.99 Å². The van der Waals surface area contributed by atoms with Gasteiger partial charge in [0, 0.05) is 10.2 Å². The molecular formula is C13H18BrN. The summed E-state index contributed by atoms with van der Waals surface area (Å²) in [6.07, 6.45) is 3.32. The van der Waals surface area contributed by atoms with Crippen LogP contribution in [0.4, 0.5) is 5.69 Å². The van der Waals surface area contributed by atoms with Crippen molar-refractivity contribution < 1.29 is 0 Å². The van der Waals surface area contributed by atoms with Gasteiger partial charge in [0.05, 0.1) is 5.69 Å². The van der Waals surface area contributed by atoms with E-state index in [1.807, 2.05) is 6.07 Å². The van der Waals surface area contributed by atoms with Crippen LogP contribution < -0.4 is 0 Å². The Balaban J connectivity index is 2.95. The average Bonchev–Trinajstić information content (AvgIpc) is 2.21. The number of nitrogens with zero attached hydrogens (tertiary/aromatic N) is 1. The molecule has 0 aliphatic rings. The Kier molecular flexibility index (Phi) is 5.03. The highest BCUT2D eigenvalue weighted by Crippen LogP contribution is 2.23. The molecule has 1 aromatic carbocycles. The van der Waals surface area contributed by atoms with Crippen LogP contribution in [0.15, 0.2) is 27.7 Å². The van der Waals surface area contributed by atoms with Gasteiger partial charge >= 0.3 is 0 Å². The van der Waals surface area contributed by atoms with Gasteiger partial charge in [0.1, 0.15) is 0 Å². The predicted octanol–water partition coefficient (Wildman–Crippen LogP) is 5.04. The molecule has 0 fully saturated rings. The van der Waals surface area contributed by atoms with Gasteiger partial charge in [-0.1, -0.05) is 36.2 Å². The molecule has 0 unspecified atom stereocenters. The van der Waals surface area contributed by atoms with Gasteiger partial charge in [-0.2, -0.15) is 0 Å². The zero-order chi connectivity index (χ0) is 11.3. The summed E-state index contributed by atoms with van der Waals surface area (Å²) in [6.45, 7) is 6.46. The van der Waals surface area contributed by atoms with Gasteiger partial charge < -0.3 is 0 Å². The molecule has 0 aliphatic carbocycles. The fourth-order valence-electron chi connectivity index (χ4n) is 1.51. The minimum atomic E-state index is 1.04.